The highest BCUT2D eigenvalue weighted by Crippen LogP contribution is 2.19. The minimum Gasteiger partial charge on any atom is -0.485 e. The Morgan fingerprint density at radius 1 is 1.00 bits per heavy atom. The number of ketones is 1. The van der Waals surface area contributed by atoms with Crippen molar-refractivity contribution in [2.24, 2.45) is 0 Å². The maximum atomic E-state index is 12.7. The number of carbonyl (C=O) groups is 1. The van der Waals surface area contributed by atoms with Crippen LogP contribution in [0.2, 0.25) is 0 Å². The molecule has 1 heterocycles. The molecule has 29 heavy (non-hydrogen) atoms. The van der Waals surface area contributed by atoms with E-state index in [1.165, 1.54) is 17.7 Å². The highest BCUT2D eigenvalue weighted by molar-refractivity contribution is 7.90. The molecule has 0 unspecified atom stereocenters. The summed E-state index contributed by atoms with van der Waals surface area (Å²) in [6, 6.07) is 18.2. The number of hydrogen-bond donors (Lipinski definition) is 0. The fourth-order valence-corrected chi connectivity index (χ4v) is 3.95. The van der Waals surface area contributed by atoms with Crippen LogP contribution in [0.25, 0.3) is 0 Å². The van der Waals surface area contributed by atoms with Gasteiger partial charge in [-0.15, -0.1) is 0 Å². The SMILES string of the molecule is Cc1cc(C(=O)COc2ccc(S(C)(=O)=O)cc2)c(C)n1CCc1ccccc1. The minimum absolute atomic E-state index is 0.0960. The van der Waals surface area contributed by atoms with Crippen LogP contribution in [-0.4, -0.2) is 31.6 Å². The molecule has 0 saturated heterocycles. The summed E-state index contributed by atoms with van der Waals surface area (Å²) in [6.45, 7) is 4.66. The Bertz CT molecular complexity index is 1100. The molecule has 0 aliphatic carbocycles. The molecule has 0 saturated carbocycles. The van der Waals surface area contributed by atoms with Crippen molar-refractivity contribution in [2.75, 3.05) is 12.9 Å². The Labute approximate surface area is 171 Å². The average Bonchev–Trinajstić information content (AvgIpc) is 2.98. The molecule has 0 N–H and O–H groups in total. The second kappa shape index (κ2) is 8.66. The molecule has 0 bridgehead atoms. The number of Topliss-reactive ketones (excluding diaryl/α,β-unsaturated/α-hetero) is 1. The Kier molecular flexibility index (Phi) is 6.23. The molecular weight excluding hydrogens is 386 g/mol. The van der Waals surface area contributed by atoms with Gasteiger partial charge in [0.15, 0.2) is 16.4 Å². The predicted molar refractivity (Wildman–Crippen MR) is 113 cm³/mol. The molecule has 0 fully saturated rings. The van der Waals surface area contributed by atoms with Crippen molar-refractivity contribution in [3.8, 4) is 5.75 Å². The minimum atomic E-state index is -3.25. The molecule has 152 valence electrons. The van der Waals surface area contributed by atoms with E-state index in [-0.39, 0.29) is 17.3 Å². The molecular formula is C23H25NO4S. The number of sulfone groups is 1. The van der Waals surface area contributed by atoms with Crippen LogP contribution in [0.3, 0.4) is 0 Å². The van der Waals surface area contributed by atoms with Gasteiger partial charge in [0.2, 0.25) is 5.78 Å². The van der Waals surface area contributed by atoms with Crippen LogP contribution in [0, 0.1) is 13.8 Å². The van der Waals surface area contributed by atoms with Gasteiger partial charge in [0, 0.05) is 29.8 Å². The number of nitrogens with zero attached hydrogens (tertiary/aromatic N) is 1. The summed E-state index contributed by atoms with van der Waals surface area (Å²) in [5.74, 6) is 0.361. The summed E-state index contributed by atoms with van der Waals surface area (Å²) >= 11 is 0. The van der Waals surface area contributed by atoms with E-state index in [4.69, 9.17) is 4.74 Å². The number of rotatable bonds is 8. The summed E-state index contributed by atoms with van der Waals surface area (Å²) in [5, 5.41) is 0. The lowest BCUT2D eigenvalue weighted by atomic mass is 10.1. The van der Waals surface area contributed by atoms with E-state index in [1.807, 2.05) is 38.1 Å². The van der Waals surface area contributed by atoms with Crippen molar-refractivity contribution < 1.29 is 17.9 Å². The molecule has 5 nitrogen and oxygen atoms in total. The Morgan fingerprint density at radius 3 is 2.28 bits per heavy atom. The van der Waals surface area contributed by atoms with Gasteiger partial charge in [0.05, 0.1) is 4.90 Å². The van der Waals surface area contributed by atoms with Gasteiger partial charge in [-0.3, -0.25) is 4.79 Å². The third-order valence-corrected chi connectivity index (χ3v) is 6.09. The standard InChI is InChI=1S/C23H25NO4S/c1-17-15-22(18(2)24(17)14-13-19-7-5-4-6-8-19)23(25)16-28-20-9-11-21(12-10-20)29(3,26)27/h4-12,15H,13-14,16H2,1-3H3. The number of aromatic nitrogens is 1. The maximum absolute atomic E-state index is 12.7. The van der Waals surface area contributed by atoms with Gasteiger partial charge in [-0.1, -0.05) is 30.3 Å². The van der Waals surface area contributed by atoms with E-state index in [2.05, 4.69) is 16.7 Å². The molecule has 0 spiro atoms. The zero-order valence-electron chi connectivity index (χ0n) is 16.9. The second-order valence-corrected chi connectivity index (χ2v) is 9.14. The van der Waals surface area contributed by atoms with Crippen LogP contribution in [0.15, 0.2) is 65.6 Å². The number of benzene rings is 2. The van der Waals surface area contributed by atoms with Gasteiger partial charge in [-0.2, -0.15) is 0 Å². The highest BCUT2D eigenvalue weighted by atomic mass is 32.2. The molecule has 0 aliphatic rings. The normalized spacial score (nSPS) is 11.4. The summed E-state index contributed by atoms with van der Waals surface area (Å²) in [7, 11) is -3.25. The average molecular weight is 412 g/mol. The van der Waals surface area contributed by atoms with Gasteiger partial charge in [0.25, 0.3) is 0 Å². The third kappa shape index (κ3) is 5.15. The first-order valence-electron chi connectivity index (χ1n) is 9.42. The summed E-state index contributed by atoms with van der Waals surface area (Å²) < 4.78 is 30.8. The smallest absolute Gasteiger partial charge is 0.202 e. The molecule has 2 aromatic carbocycles. The van der Waals surface area contributed by atoms with E-state index in [1.54, 1.807) is 12.1 Å². The van der Waals surface area contributed by atoms with Crippen LogP contribution in [0.1, 0.15) is 27.3 Å². The molecule has 0 amide bonds. The lowest BCUT2D eigenvalue weighted by molar-refractivity contribution is 0.0920. The first-order valence-corrected chi connectivity index (χ1v) is 11.3. The van der Waals surface area contributed by atoms with Crippen LogP contribution in [-0.2, 0) is 22.8 Å². The number of ether oxygens (including phenoxy) is 1. The first-order chi connectivity index (χ1) is 13.8. The maximum Gasteiger partial charge on any atom is 0.202 e. The quantitative estimate of drug-likeness (QED) is 0.525. The molecule has 0 atom stereocenters. The van der Waals surface area contributed by atoms with Gasteiger partial charge < -0.3 is 9.30 Å². The van der Waals surface area contributed by atoms with Gasteiger partial charge in [0.1, 0.15) is 5.75 Å². The van der Waals surface area contributed by atoms with Crippen molar-refractivity contribution >= 4 is 15.6 Å². The fraction of sp³-hybridized carbons (Fsp3) is 0.261. The Balaban J connectivity index is 1.65. The molecule has 6 heteroatoms. The molecule has 0 radical (unpaired) electrons. The van der Waals surface area contributed by atoms with Crippen LogP contribution >= 0.6 is 0 Å². The van der Waals surface area contributed by atoms with Gasteiger partial charge in [-0.05, 0) is 56.2 Å². The van der Waals surface area contributed by atoms with Gasteiger partial charge >= 0.3 is 0 Å². The van der Waals surface area contributed by atoms with Crippen molar-refractivity contribution in [2.45, 2.75) is 31.7 Å². The summed E-state index contributed by atoms with van der Waals surface area (Å²) in [6.07, 6.45) is 2.05. The fourth-order valence-electron chi connectivity index (χ4n) is 3.32. The molecule has 3 aromatic rings. The van der Waals surface area contributed by atoms with E-state index < -0.39 is 9.84 Å². The van der Waals surface area contributed by atoms with Crippen molar-refractivity contribution in [3.63, 3.8) is 0 Å². The summed E-state index contributed by atoms with van der Waals surface area (Å²) in [4.78, 5) is 12.9. The largest absolute Gasteiger partial charge is 0.485 e. The van der Waals surface area contributed by atoms with E-state index >= 15 is 0 Å². The van der Waals surface area contributed by atoms with Crippen molar-refractivity contribution in [1.29, 1.82) is 0 Å². The molecule has 1 aromatic heterocycles. The Hall–Kier alpha value is -2.86. The van der Waals surface area contributed by atoms with Crippen molar-refractivity contribution in [1.82, 2.24) is 4.57 Å². The van der Waals surface area contributed by atoms with Crippen LogP contribution in [0.5, 0.6) is 5.75 Å². The molecule has 3 rings (SSSR count). The van der Waals surface area contributed by atoms with E-state index in [0.29, 0.717) is 11.3 Å². The van der Waals surface area contributed by atoms with E-state index in [9.17, 15) is 13.2 Å². The molecule has 0 aliphatic heterocycles. The van der Waals surface area contributed by atoms with E-state index in [0.717, 1.165) is 30.6 Å². The summed E-state index contributed by atoms with van der Waals surface area (Å²) in [5.41, 5.74) is 3.89. The highest BCUT2D eigenvalue weighted by Gasteiger charge is 2.16. The topological polar surface area (TPSA) is 65.4 Å². The van der Waals surface area contributed by atoms with Crippen LogP contribution < -0.4 is 4.74 Å². The second-order valence-electron chi connectivity index (χ2n) is 7.13. The van der Waals surface area contributed by atoms with Crippen LogP contribution in [0.4, 0.5) is 0 Å². The lowest BCUT2D eigenvalue weighted by Gasteiger charge is -2.10. The van der Waals surface area contributed by atoms with Gasteiger partial charge in [-0.25, -0.2) is 8.42 Å². The zero-order chi connectivity index (χ0) is 21.0. The Morgan fingerprint density at radius 2 is 1.66 bits per heavy atom. The third-order valence-electron chi connectivity index (χ3n) is 4.96. The number of aryl methyl sites for hydroxylation is 2. The van der Waals surface area contributed by atoms with Crippen molar-refractivity contribution in [3.05, 3.63) is 83.2 Å². The number of carbonyl (C=O) groups excluding carboxylic acids is 1. The monoisotopic (exact) mass is 411 g/mol. The first kappa shape index (κ1) is 20.9. The number of hydrogen-bond acceptors (Lipinski definition) is 4. The lowest BCUT2D eigenvalue weighted by Crippen LogP contribution is -2.13. The zero-order valence-corrected chi connectivity index (χ0v) is 17.7. The predicted octanol–water partition coefficient (Wildman–Crippen LogP) is 4.01.